The Morgan fingerprint density at radius 2 is 2.23 bits per heavy atom. The van der Waals surface area contributed by atoms with Crippen molar-refractivity contribution in [3.63, 3.8) is 0 Å². The zero-order chi connectivity index (χ0) is 9.68. The van der Waals surface area contributed by atoms with Gasteiger partial charge >= 0.3 is 5.97 Å². The first-order valence-corrected chi connectivity index (χ1v) is 4.69. The first-order valence-electron chi connectivity index (χ1n) is 4.69. The number of hydrogen-bond donors (Lipinski definition) is 1. The minimum atomic E-state index is -0.190. The second-order valence-electron chi connectivity index (χ2n) is 3.48. The van der Waals surface area contributed by atoms with Crippen molar-refractivity contribution < 1.29 is 9.53 Å². The molecule has 0 atom stereocenters. The average Bonchev–Trinajstić information content (AvgIpc) is 2.16. The second kappa shape index (κ2) is 5.02. The van der Waals surface area contributed by atoms with E-state index >= 15 is 0 Å². The van der Waals surface area contributed by atoms with Crippen LogP contribution >= 0.6 is 0 Å². The summed E-state index contributed by atoms with van der Waals surface area (Å²) in [5.41, 5.74) is 1.33. The van der Waals surface area contributed by atoms with Crippen LogP contribution in [0.3, 0.4) is 0 Å². The Labute approximate surface area is 79.2 Å². The molecule has 3 nitrogen and oxygen atoms in total. The van der Waals surface area contributed by atoms with Gasteiger partial charge in [-0.3, -0.25) is 4.79 Å². The molecule has 0 aliphatic heterocycles. The Morgan fingerprint density at radius 1 is 1.62 bits per heavy atom. The van der Waals surface area contributed by atoms with Crippen LogP contribution in [0.1, 0.15) is 25.7 Å². The Bertz CT molecular complexity index is 191. The summed E-state index contributed by atoms with van der Waals surface area (Å²) in [4.78, 5) is 10.8. The molecule has 0 spiro atoms. The highest BCUT2D eigenvalue weighted by Gasteiger charge is 2.15. The monoisotopic (exact) mass is 183 g/mol. The molecule has 3 heteroatoms. The lowest BCUT2D eigenvalue weighted by atomic mass is 9.92. The summed E-state index contributed by atoms with van der Waals surface area (Å²) in [5.74, 6) is -0.190. The molecule has 13 heavy (non-hydrogen) atoms. The fraction of sp³-hybridized carbons (Fsp3) is 0.700. The SMILES string of the molecule is C=C1CCC(NCC(=O)OC)CC1. The molecule has 0 saturated heterocycles. The van der Waals surface area contributed by atoms with Crippen molar-refractivity contribution in [2.45, 2.75) is 31.7 Å². The number of allylic oxidation sites excluding steroid dienone is 1. The smallest absolute Gasteiger partial charge is 0.319 e. The molecule has 1 fully saturated rings. The molecule has 1 N–H and O–H groups in total. The highest BCUT2D eigenvalue weighted by Crippen LogP contribution is 2.21. The first-order chi connectivity index (χ1) is 6.22. The minimum Gasteiger partial charge on any atom is -0.468 e. The summed E-state index contributed by atoms with van der Waals surface area (Å²) >= 11 is 0. The summed E-state index contributed by atoms with van der Waals surface area (Å²) in [7, 11) is 1.41. The van der Waals surface area contributed by atoms with Crippen molar-refractivity contribution >= 4 is 5.97 Å². The fourth-order valence-corrected chi connectivity index (χ4v) is 1.53. The van der Waals surface area contributed by atoms with Crippen LogP contribution in [0.25, 0.3) is 0 Å². The molecule has 0 bridgehead atoms. The van der Waals surface area contributed by atoms with E-state index in [0.717, 1.165) is 25.7 Å². The summed E-state index contributed by atoms with van der Waals surface area (Å²) in [6.45, 7) is 4.27. The molecule has 74 valence electrons. The minimum absolute atomic E-state index is 0.190. The van der Waals surface area contributed by atoms with Crippen LogP contribution in [0.5, 0.6) is 0 Å². The third kappa shape index (κ3) is 3.59. The number of rotatable bonds is 3. The van der Waals surface area contributed by atoms with Gasteiger partial charge in [0, 0.05) is 6.04 Å². The maximum atomic E-state index is 10.8. The van der Waals surface area contributed by atoms with Crippen LogP contribution in [0, 0.1) is 0 Å². The van der Waals surface area contributed by atoms with E-state index in [1.165, 1.54) is 12.7 Å². The fourth-order valence-electron chi connectivity index (χ4n) is 1.53. The van der Waals surface area contributed by atoms with Gasteiger partial charge in [-0.05, 0) is 25.7 Å². The number of carbonyl (C=O) groups excluding carboxylic acids is 1. The predicted octanol–water partition coefficient (Wildman–Crippen LogP) is 1.25. The third-order valence-electron chi connectivity index (χ3n) is 2.46. The van der Waals surface area contributed by atoms with Crippen LogP contribution in [0.15, 0.2) is 12.2 Å². The van der Waals surface area contributed by atoms with Gasteiger partial charge in [0.1, 0.15) is 0 Å². The molecule has 0 radical (unpaired) electrons. The van der Waals surface area contributed by atoms with Gasteiger partial charge in [0.2, 0.25) is 0 Å². The highest BCUT2D eigenvalue weighted by atomic mass is 16.5. The normalized spacial score (nSPS) is 18.7. The lowest BCUT2D eigenvalue weighted by molar-refractivity contribution is -0.139. The van der Waals surface area contributed by atoms with E-state index in [4.69, 9.17) is 0 Å². The number of methoxy groups -OCH3 is 1. The van der Waals surface area contributed by atoms with Crippen LogP contribution < -0.4 is 5.32 Å². The molecule has 0 heterocycles. The van der Waals surface area contributed by atoms with E-state index in [-0.39, 0.29) is 5.97 Å². The van der Waals surface area contributed by atoms with E-state index in [2.05, 4.69) is 16.6 Å². The van der Waals surface area contributed by atoms with Crippen LogP contribution in [-0.4, -0.2) is 25.7 Å². The Morgan fingerprint density at radius 3 is 2.77 bits per heavy atom. The molecule has 0 aromatic carbocycles. The van der Waals surface area contributed by atoms with Gasteiger partial charge < -0.3 is 10.1 Å². The predicted molar refractivity (Wildman–Crippen MR) is 51.4 cm³/mol. The second-order valence-corrected chi connectivity index (χ2v) is 3.48. The van der Waals surface area contributed by atoms with Crippen molar-refractivity contribution in [1.82, 2.24) is 5.32 Å². The highest BCUT2D eigenvalue weighted by molar-refractivity contribution is 5.71. The van der Waals surface area contributed by atoms with E-state index in [1.54, 1.807) is 0 Å². The number of nitrogens with one attached hydrogen (secondary N) is 1. The number of esters is 1. The molecule has 1 saturated carbocycles. The lowest BCUT2D eigenvalue weighted by Gasteiger charge is -2.23. The van der Waals surface area contributed by atoms with Crippen molar-refractivity contribution in [3.05, 3.63) is 12.2 Å². The molecule has 0 unspecified atom stereocenters. The van der Waals surface area contributed by atoms with Gasteiger partial charge in [-0.1, -0.05) is 12.2 Å². The number of hydrogen-bond acceptors (Lipinski definition) is 3. The van der Waals surface area contributed by atoms with Gasteiger partial charge in [-0.2, -0.15) is 0 Å². The van der Waals surface area contributed by atoms with Crippen LogP contribution in [0.4, 0.5) is 0 Å². The first kappa shape index (κ1) is 10.3. The molecular weight excluding hydrogens is 166 g/mol. The van der Waals surface area contributed by atoms with Gasteiger partial charge in [-0.25, -0.2) is 0 Å². The Balaban J connectivity index is 2.15. The summed E-state index contributed by atoms with van der Waals surface area (Å²) in [5, 5.41) is 3.18. The standard InChI is InChI=1S/C10H17NO2/c1-8-3-5-9(6-4-8)11-7-10(12)13-2/h9,11H,1,3-7H2,2H3. The zero-order valence-electron chi connectivity index (χ0n) is 8.14. The van der Waals surface area contributed by atoms with E-state index in [9.17, 15) is 4.79 Å². The summed E-state index contributed by atoms with van der Waals surface area (Å²) in [6.07, 6.45) is 4.35. The summed E-state index contributed by atoms with van der Waals surface area (Å²) < 4.78 is 4.54. The molecule has 0 amide bonds. The van der Waals surface area contributed by atoms with E-state index < -0.39 is 0 Å². The van der Waals surface area contributed by atoms with Gasteiger partial charge in [0.25, 0.3) is 0 Å². The molecule has 1 aliphatic rings. The average molecular weight is 183 g/mol. The summed E-state index contributed by atoms with van der Waals surface area (Å²) in [6, 6.07) is 0.463. The van der Waals surface area contributed by atoms with Crippen LogP contribution in [-0.2, 0) is 9.53 Å². The van der Waals surface area contributed by atoms with Crippen LogP contribution in [0.2, 0.25) is 0 Å². The van der Waals surface area contributed by atoms with E-state index in [1.807, 2.05) is 0 Å². The maximum absolute atomic E-state index is 10.8. The zero-order valence-corrected chi connectivity index (χ0v) is 8.14. The number of ether oxygens (including phenoxy) is 1. The van der Waals surface area contributed by atoms with Crippen molar-refractivity contribution in [1.29, 1.82) is 0 Å². The van der Waals surface area contributed by atoms with E-state index in [0.29, 0.717) is 12.6 Å². The van der Waals surface area contributed by atoms with Crippen molar-refractivity contribution in [3.8, 4) is 0 Å². The third-order valence-corrected chi connectivity index (χ3v) is 2.46. The molecule has 1 rings (SSSR count). The number of carbonyl (C=O) groups is 1. The van der Waals surface area contributed by atoms with Crippen molar-refractivity contribution in [2.24, 2.45) is 0 Å². The molecular formula is C10H17NO2. The van der Waals surface area contributed by atoms with Gasteiger partial charge in [-0.15, -0.1) is 0 Å². The maximum Gasteiger partial charge on any atom is 0.319 e. The topological polar surface area (TPSA) is 38.3 Å². The Kier molecular flexibility index (Phi) is 3.96. The quantitative estimate of drug-likeness (QED) is 0.528. The van der Waals surface area contributed by atoms with Gasteiger partial charge in [0.15, 0.2) is 0 Å². The van der Waals surface area contributed by atoms with Gasteiger partial charge in [0.05, 0.1) is 13.7 Å². The van der Waals surface area contributed by atoms with Crippen molar-refractivity contribution in [2.75, 3.05) is 13.7 Å². The molecule has 1 aliphatic carbocycles. The molecule has 0 aromatic rings. The molecule has 0 aromatic heterocycles. The Hall–Kier alpha value is -0.830. The largest absolute Gasteiger partial charge is 0.468 e. The lowest BCUT2D eigenvalue weighted by Crippen LogP contribution is -2.35.